The number of aliphatic carboxylic acids is 1. The monoisotopic (exact) mass is 269 g/mol. The van der Waals surface area contributed by atoms with Crippen LogP contribution in [0.5, 0.6) is 0 Å². The SMILES string of the molecule is CC(C)(C)OC(=O)N1C2COCC23CC(C(=O)O)C13. The summed E-state index contributed by atoms with van der Waals surface area (Å²) < 4.78 is 10.8. The number of rotatable bonds is 1. The van der Waals surface area contributed by atoms with Crippen molar-refractivity contribution in [2.24, 2.45) is 11.3 Å². The van der Waals surface area contributed by atoms with Gasteiger partial charge in [-0.05, 0) is 27.2 Å². The molecule has 4 unspecified atom stereocenters. The molecule has 3 fully saturated rings. The largest absolute Gasteiger partial charge is 0.481 e. The number of carboxylic acid groups (broad SMARTS) is 1. The zero-order valence-corrected chi connectivity index (χ0v) is 11.4. The molecule has 4 atom stereocenters. The number of carboxylic acids is 1. The predicted octanol–water partition coefficient (Wildman–Crippen LogP) is 1.10. The Morgan fingerprint density at radius 1 is 1.42 bits per heavy atom. The third kappa shape index (κ3) is 1.59. The standard InChI is InChI=1S/C13H19NO5/c1-12(2,3)19-11(17)14-8-5-18-6-13(8)4-7(9(13)14)10(15)16/h7-9H,4-6H2,1-3H3,(H,15,16). The highest BCUT2D eigenvalue weighted by Crippen LogP contribution is 2.63. The molecule has 1 aliphatic carbocycles. The summed E-state index contributed by atoms with van der Waals surface area (Å²) in [5, 5.41) is 9.18. The first-order valence-electron chi connectivity index (χ1n) is 6.58. The highest BCUT2D eigenvalue weighted by atomic mass is 16.6. The zero-order chi connectivity index (χ0) is 14.0. The van der Waals surface area contributed by atoms with Gasteiger partial charge in [0.15, 0.2) is 0 Å². The Balaban J connectivity index is 1.78. The van der Waals surface area contributed by atoms with Crippen LogP contribution in [0.2, 0.25) is 0 Å². The molecular formula is C13H19NO5. The van der Waals surface area contributed by atoms with Crippen LogP contribution in [-0.2, 0) is 14.3 Å². The molecular weight excluding hydrogens is 250 g/mol. The maximum absolute atomic E-state index is 12.2. The molecule has 3 rings (SSSR count). The number of ether oxygens (including phenoxy) is 2. The summed E-state index contributed by atoms with van der Waals surface area (Å²) in [7, 11) is 0. The number of amides is 1. The molecule has 0 bridgehead atoms. The topological polar surface area (TPSA) is 76.1 Å². The van der Waals surface area contributed by atoms with E-state index in [1.807, 2.05) is 0 Å². The molecule has 2 saturated heterocycles. The molecule has 19 heavy (non-hydrogen) atoms. The third-order valence-electron chi connectivity index (χ3n) is 4.44. The first-order valence-corrected chi connectivity index (χ1v) is 6.58. The van der Waals surface area contributed by atoms with Gasteiger partial charge in [0.25, 0.3) is 0 Å². The van der Waals surface area contributed by atoms with Gasteiger partial charge in [0.2, 0.25) is 0 Å². The van der Waals surface area contributed by atoms with Crippen LogP contribution in [0.15, 0.2) is 0 Å². The van der Waals surface area contributed by atoms with Gasteiger partial charge >= 0.3 is 12.1 Å². The highest BCUT2D eigenvalue weighted by molar-refractivity contribution is 5.78. The van der Waals surface area contributed by atoms with E-state index in [0.29, 0.717) is 19.6 Å². The zero-order valence-electron chi connectivity index (χ0n) is 11.4. The molecule has 6 nitrogen and oxygen atoms in total. The second-order valence-corrected chi connectivity index (χ2v) is 6.75. The van der Waals surface area contributed by atoms with Crippen molar-refractivity contribution in [3.63, 3.8) is 0 Å². The van der Waals surface area contributed by atoms with Crippen LogP contribution >= 0.6 is 0 Å². The van der Waals surface area contributed by atoms with Gasteiger partial charge in [-0.2, -0.15) is 0 Å². The highest BCUT2D eigenvalue weighted by Gasteiger charge is 2.76. The fourth-order valence-corrected chi connectivity index (χ4v) is 3.70. The van der Waals surface area contributed by atoms with Crippen LogP contribution in [0.25, 0.3) is 0 Å². The number of hydrogen-bond donors (Lipinski definition) is 1. The Morgan fingerprint density at radius 2 is 2.11 bits per heavy atom. The van der Waals surface area contributed by atoms with Crippen molar-refractivity contribution >= 4 is 12.1 Å². The molecule has 0 aromatic rings. The summed E-state index contributed by atoms with van der Waals surface area (Å²) in [5.74, 6) is -1.32. The van der Waals surface area contributed by atoms with E-state index in [0.717, 1.165) is 0 Å². The van der Waals surface area contributed by atoms with E-state index in [1.165, 1.54) is 0 Å². The van der Waals surface area contributed by atoms with Gasteiger partial charge in [-0.25, -0.2) is 4.79 Å². The lowest BCUT2D eigenvalue weighted by atomic mass is 9.48. The number of hydrogen-bond acceptors (Lipinski definition) is 4. The van der Waals surface area contributed by atoms with Gasteiger partial charge in [-0.3, -0.25) is 9.69 Å². The number of carbonyl (C=O) groups is 2. The van der Waals surface area contributed by atoms with Crippen molar-refractivity contribution in [3.8, 4) is 0 Å². The maximum atomic E-state index is 12.2. The summed E-state index contributed by atoms with van der Waals surface area (Å²) in [4.78, 5) is 25.0. The predicted molar refractivity (Wildman–Crippen MR) is 64.6 cm³/mol. The maximum Gasteiger partial charge on any atom is 0.410 e. The lowest BCUT2D eigenvalue weighted by Gasteiger charge is -2.68. The average Bonchev–Trinajstić information content (AvgIpc) is 2.62. The molecule has 1 amide bonds. The molecule has 3 aliphatic rings. The third-order valence-corrected chi connectivity index (χ3v) is 4.44. The van der Waals surface area contributed by atoms with Crippen molar-refractivity contribution in [2.75, 3.05) is 13.2 Å². The number of nitrogens with zero attached hydrogens (tertiary/aromatic N) is 1. The first kappa shape index (κ1) is 12.7. The fraction of sp³-hybridized carbons (Fsp3) is 0.846. The Bertz CT molecular complexity index is 443. The van der Waals surface area contributed by atoms with E-state index in [1.54, 1.807) is 25.7 Å². The van der Waals surface area contributed by atoms with Crippen molar-refractivity contribution in [1.29, 1.82) is 0 Å². The van der Waals surface area contributed by atoms with Gasteiger partial charge in [-0.1, -0.05) is 0 Å². The molecule has 2 aliphatic heterocycles. The van der Waals surface area contributed by atoms with E-state index in [9.17, 15) is 14.7 Å². The van der Waals surface area contributed by atoms with Gasteiger partial charge in [0.1, 0.15) is 5.60 Å². The summed E-state index contributed by atoms with van der Waals surface area (Å²) in [6, 6.07) is -0.268. The molecule has 1 N–H and O–H groups in total. The molecule has 0 radical (unpaired) electrons. The lowest BCUT2D eigenvalue weighted by Crippen LogP contribution is -2.82. The normalized spacial score (nSPS) is 39.7. The Kier molecular flexibility index (Phi) is 2.43. The molecule has 6 heteroatoms. The van der Waals surface area contributed by atoms with E-state index < -0.39 is 23.6 Å². The lowest BCUT2D eigenvalue weighted by molar-refractivity contribution is -0.214. The number of likely N-dealkylation sites (tertiary alicyclic amines) is 1. The number of piperidine rings is 1. The van der Waals surface area contributed by atoms with E-state index in [-0.39, 0.29) is 17.5 Å². The summed E-state index contributed by atoms with van der Waals surface area (Å²) >= 11 is 0. The Morgan fingerprint density at radius 3 is 2.68 bits per heavy atom. The van der Waals surface area contributed by atoms with E-state index in [2.05, 4.69) is 0 Å². The minimum absolute atomic E-state index is 0.0112. The van der Waals surface area contributed by atoms with Gasteiger partial charge in [0.05, 0.1) is 31.2 Å². The Hall–Kier alpha value is -1.30. The van der Waals surface area contributed by atoms with E-state index >= 15 is 0 Å². The van der Waals surface area contributed by atoms with Crippen LogP contribution in [0, 0.1) is 11.3 Å². The molecule has 1 saturated carbocycles. The number of carbonyl (C=O) groups excluding carboxylic acids is 1. The molecule has 1 spiro atoms. The quantitative estimate of drug-likeness (QED) is 0.771. The summed E-state index contributed by atoms with van der Waals surface area (Å²) in [6.45, 7) is 6.46. The van der Waals surface area contributed by atoms with Crippen LogP contribution in [0.3, 0.4) is 0 Å². The Labute approximate surface area is 111 Å². The van der Waals surface area contributed by atoms with Crippen LogP contribution in [0.1, 0.15) is 27.2 Å². The van der Waals surface area contributed by atoms with Crippen LogP contribution in [-0.4, -0.2) is 53.0 Å². The minimum atomic E-state index is -0.838. The van der Waals surface area contributed by atoms with Crippen molar-refractivity contribution in [2.45, 2.75) is 44.9 Å². The summed E-state index contributed by atoms with van der Waals surface area (Å²) in [5.41, 5.74) is -0.697. The van der Waals surface area contributed by atoms with Gasteiger partial charge < -0.3 is 14.6 Å². The van der Waals surface area contributed by atoms with Gasteiger partial charge in [0, 0.05) is 5.41 Å². The second-order valence-electron chi connectivity index (χ2n) is 6.75. The van der Waals surface area contributed by atoms with Crippen molar-refractivity contribution in [1.82, 2.24) is 4.90 Å². The van der Waals surface area contributed by atoms with Crippen LogP contribution in [0.4, 0.5) is 4.79 Å². The summed E-state index contributed by atoms with van der Waals surface area (Å²) in [6.07, 6.45) is 0.186. The van der Waals surface area contributed by atoms with Crippen molar-refractivity contribution in [3.05, 3.63) is 0 Å². The fourth-order valence-electron chi connectivity index (χ4n) is 3.70. The van der Waals surface area contributed by atoms with Crippen molar-refractivity contribution < 1.29 is 24.2 Å². The molecule has 2 heterocycles. The molecule has 0 aromatic carbocycles. The second kappa shape index (κ2) is 3.62. The smallest absolute Gasteiger partial charge is 0.410 e. The average molecular weight is 269 g/mol. The first-order chi connectivity index (χ1) is 8.76. The molecule has 106 valence electrons. The molecule has 0 aromatic heterocycles. The van der Waals surface area contributed by atoms with Gasteiger partial charge in [-0.15, -0.1) is 0 Å². The van der Waals surface area contributed by atoms with Crippen LogP contribution < -0.4 is 0 Å². The minimum Gasteiger partial charge on any atom is -0.481 e. The van der Waals surface area contributed by atoms with E-state index in [4.69, 9.17) is 9.47 Å².